The van der Waals surface area contributed by atoms with Gasteiger partial charge in [0, 0.05) is 124 Å². The summed E-state index contributed by atoms with van der Waals surface area (Å²) in [5, 5.41) is 10.1. The SMILES string of the molecule is Cc1cc2ncncc2cc1N(c1ccc(C(C)(C)C)cc1)c1cc(N(c2ccc(C(C)(C)C)cc2)c2cc3cncnc3cc2C)c2ccc3c(N(c4ccc(C(C)(C)C)cc4)c4cc5cncnc5cc4C)cc(N(c4ccc(C(C)(C)C)cc4)c4cc5cncnc5cc4C)c4ccc1c2c43. The first kappa shape index (κ1) is 66.8. The van der Waals surface area contributed by atoms with Crippen LogP contribution in [0.15, 0.2) is 232 Å². The molecule has 12 nitrogen and oxygen atoms in total. The van der Waals surface area contributed by atoms with Crippen molar-refractivity contribution in [2.45, 2.75) is 132 Å². The molecule has 0 aliphatic carbocycles. The molecule has 4 heterocycles. The van der Waals surface area contributed by atoms with Crippen LogP contribution in [0.1, 0.15) is 128 Å². The zero-order valence-electron chi connectivity index (χ0n) is 62.3. The van der Waals surface area contributed by atoms with Crippen LogP contribution in [0.4, 0.5) is 68.2 Å². The number of benzene rings is 12. The molecule has 12 heteroatoms. The summed E-state index contributed by atoms with van der Waals surface area (Å²) in [5.74, 6) is 0. The number of aryl methyl sites for hydroxylation is 4. The van der Waals surface area contributed by atoms with Gasteiger partial charge in [-0.3, -0.25) is 0 Å². The molecule has 16 rings (SSSR count). The minimum absolute atomic E-state index is 0.107. The average Bonchev–Trinajstić information content (AvgIpc) is 0.699. The maximum atomic E-state index is 4.82. The van der Waals surface area contributed by atoms with E-state index in [4.69, 9.17) is 19.9 Å². The summed E-state index contributed by atoms with van der Waals surface area (Å²) in [5.41, 5.74) is 24.2. The summed E-state index contributed by atoms with van der Waals surface area (Å²) in [6.07, 6.45) is 14.3. The van der Waals surface area contributed by atoms with Crippen molar-refractivity contribution in [3.63, 3.8) is 0 Å². The molecule has 0 unspecified atom stereocenters. The second-order valence-electron chi connectivity index (χ2n) is 32.3. The molecule has 4 aromatic heterocycles. The molecular weight excluding hydrogens is 1270 g/mol. The highest BCUT2D eigenvalue weighted by Crippen LogP contribution is 2.57. The van der Waals surface area contributed by atoms with Crippen molar-refractivity contribution < 1.29 is 0 Å². The number of rotatable bonds is 12. The molecule has 0 atom stereocenters. The van der Waals surface area contributed by atoms with Gasteiger partial charge in [0.15, 0.2) is 0 Å². The summed E-state index contributed by atoms with van der Waals surface area (Å²) in [6, 6.07) is 69.2. The average molecular weight is 1360 g/mol. The van der Waals surface area contributed by atoms with Crippen molar-refractivity contribution in [1.29, 1.82) is 0 Å². The fourth-order valence-corrected chi connectivity index (χ4v) is 15.2. The van der Waals surface area contributed by atoms with E-state index in [-0.39, 0.29) is 21.7 Å². The summed E-state index contributed by atoms with van der Waals surface area (Å²) in [7, 11) is 0. The minimum Gasteiger partial charge on any atom is -0.310 e. The number of nitrogens with zero attached hydrogens (tertiary/aromatic N) is 12. The van der Waals surface area contributed by atoms with Crippen molar-refractivity contribution in [3.8, 4) is 0 Å². The Morgan fingerprint density at radius 2 is 0.433 bits per heavy atom. The van der Waals surface area contributed by atoms with Gasteiger partial charge in [0.2, 0.25) is 0 Å². The molecule has 0 amide bonds. The summed E-state index contributed by atoms with van der Waals surface area (Å²) in [4.78, 5) is 47.7. The minimum atomic E-state index is -0.107. The number of anilines is 12. The second kappa shape index (κ2) is 25.0. The van der Waals surface area contributed by atoms with E-state index in [1.165, 1.54) is 22.3 Å². The molecule has 0 fully saturated rings. The van der Waals surface area contributed by atoms with Gasteiger partial charge in [0.1, 0.15) is 25.3 Å². The molecule has 0 bridgehead atoms. The first-order valence-corrected chi connectivity index (χ1v) is 36.0. The molecule has 0 radical (unpaired) electrons. The van der Waals surface area contributed by atoms with Gasteiger partial charge >= 0.3 is 0 Å². The van der Waals surface area contributed by atoms with E-state index in [0.29, 0.717) is 0 Å². The maximum Gasteiger partial charge on any atom is 0.116 e. The molecule has 0 aliphatic heterocycles. The molecule has 0 aliphatic rings. The monoisotopic (exact) mass is 1360 g/mol. The fourth-order valence-electron chi connectivity index (χ4n) is 15.2. The van der Waals surface area contributed by atoms with E-state index in [9.17, 15) is 0 Å². The first-order valence-electron chi connectivity index (χ1n) is 36.0. The largest absolute Gasteiger partial charge is 0.310 e. The van der Waals surface area contributed by atoms with Crippen molar-refractivity contribution in [2.24, 2.45) is 0 Å². The lowest BCUT2D eigenvalue weighted by atomic mass is 9.86. The van der Waals surface area contributed by atoms with Crippen molar-refractivity contribution in [2.75, 3.05) is 19.6 Å². The van der Waals surface area contributed by atoms with Gasteiger partial charge in [-0.25, -0.2) is 39.9 Å². The Hall–Kier alpha value is -11.8. The maximum absolute atomic E-state index is 4.82. The first-order chi connectivity index (χ1) is 49.7. The number of aromatic nitrogens is 8. The Kier molecular flexibility index (Phi) is 16.1. The Morgan fingerprint density at radius 3 is 0.625 bits per heavy atom. The molecule has 0 saturated carbocycles. The van der Waals surface area contributed by atoms with Crippen LogP contribution in [-0.4, -0.2) is 39.9 Å². The highest BCUT2D eigenvalue weighted by molar-refractivity contribution is 6.33. The van der Waals surface area contributed by atoms with Gasteiger partial charge in [-0.2, -0.15) is 0 Å². The molecule has 16 aromatic rings. The third kappa shape index (κ3) is 11.9. The third-order valence-electron chi connectivity index (χ3n) is 21.0. The standard InChI is InChI=1S/C92H86N12/c1-55-37-75-59(47-93-51-97-75)41-79(55)101(67-25-17-63(18-26-67)89(5,6)7)83-45-84(102(68-27-19-64(20-28-68)90(8,9)10)80-42-60-48-94-52-98-76(60)38-56(80)2)72-35-36-74-86(104(70-31-23-66(24-32-70)92(14,15)16)82-44-62-50-96-54-100-78(62)40-58(82)4)46-85(73-34-33-71(83)87(72)88(73)74)103(69-29-21-65(22-30-69)91(11,12)13)81-43-61-49-95-53-99-77(61)39-57(81)3/h17-54H,1-16H3. The van der Waals surface area contributed by atoms with Crippen molar-refractivity contribution in [3.05, 3.63) is 277 Å². The van der Waals surface area contributed by atoms with Gasteiger partial charge in [0.05, 0.1) is 44.8 Å². The zero-order chi connectivity index (χ0) is 72.5. The predicted molar refractivity (Wildman–Crippen MR) is 435 cm³/mol. The van der Waals surface area contributed by atoms with Crippen LogP contribution in [-0.2, 0) is 21.7 Å². The van der Waals surface area contributed by atoms with Crippen LogP contribution >= 0.6 is 0 Å². The lowest BCUT2D eigenvalue weighted by Gasteiger charge is -2.36. The van der Waals surface area contributed by atoms with E-state index in [2.05, 4.69) is 332 Å². The topological polar surface area (TPSA) is 116 Å². The van der Waals surface area contributed by atoms with Gasteiger partial charge in [-0.15, -0.1) is 0 Å². The van der Waals surface area contributed by atoms with Crippen LogP contribution in [0.2, 0.25) is 0 Å². The van der Waals surface area contributed by atoms with Crippen molar-refractivity contribution in [1.82, 2.24) is 39.9 Å². The quantitative estimate of drug-likeness (QED) is 0.108. The Bertz CT molecular complexity index is 5290. The van der Waals surface area contributed by atoms with Crippen LogP contribution in [0.3, 0.4) is 0 Å². The summed E-state index contributed by atoms with van der Waals surface area (Å²) in [6.45, 7) is 36.2. The molecule has 0 saturated heterocycles. The molecule has 12 aromatic carbocycles. The van der Waals surface area contributed by atoms with Gasteiger partial charge in [-0.1, -0.05) is 156 Å². The van der Waals surface area contributed by atoms with E-state index < -0.39 is 0 Å². The lowest BCUT2D eigenvalue weighted by Crippen LogP contribution is -2.18. The third-order valence-corrected chi connectivity index (χ3v) is 21.0. The molecule has 0 spiro atoms. The van der Waals surface area contributed by atoms with Crippen molar-refractivity contribution >= 4 is 144 Å². The molecular formula is C92H86N12. The predicted octanol–water partition coefficient (Wildman–Crippen LogP) is 24.7. The van der Waals surface area contributed by atoms with E-state index in [0.717, 1.165) is 166 Å². The van der Waals surface area contributed by atoms with Crippen LogP contribution < -0.4 is 19.6 Å². The number of hydrogen-bond donors (Lipinski definition) is 0. The van der Waals surface area contributed by atoms with E-state index in [1.807, 2.05) is 24.8 Å². The van der Waals surface area contributed by atoms with Crippen LogP contribution in [0, 0.1) is 27.7 Å². The Morgan fingerprint density at radius 1 is 0.231 bits per heavy atom. The summed E-state index contributed by atoms with van der Waals surface area (Å²) < 4.78 is 0. The molecule has 0 N–H and O–H groups in total. The van der Waals surface area contributed by atoms with Gasteiger partial charge < -0.3 is 19.6 Å². The van der Waals surface area contributed by atoms with Gasteiger partial charge in [0.25, 0.3) is 0 Å². The van der Waals surface area contributed by atoms with Crippen LogP contribution in [0.25, 0.3) is 75.9 Å². The normalized spacial score (nSPS) is 12.4. The number of hydrogen-bond acceptors (Lipinski definition) is 12. The molecule has 104 heavy (non-hydrogen) atoms. The lowest BCUT2D eigenvalue weighted by molar-refractivity contribution is 0.590. The van der Waals surface area contributed by atoms with E-state index >= 15 is 0 Å². The van der Waals surface area contributed by atoms with Gasteiger partial charge in [-0.05, 0) is 203 Å². The fraction of sp³-hybridized carbons (Fsp3) is 0.217. The highest BCUT2D eigenvalue weighted by atomic mass is 15.2. The second-order valence-corrected chi connectivity index (χ2v) is 32.3. The highest BCUT2D eigenvalue weighted by Gasteiger charge is 2.33. The smallest absolute Gasteiger partial charge is 0.116 e. The Labute approximate surface area is 609 Å². The molecule has 514 valence electrons. The van der Waals surface area contributed by atoms with E-state index in [1.54, 1.807) is 25.3 Å². The number of fused-ring (bicyclic) bond motifs is 4. The summed E-state index contributed by atoms with van der Waals surface area (Å²) >= 11 is 0. The van der Waals surface area contributed by atoms with Crippen LogP contribution in [0.5, 0.6) is 0 Å². The zero-order valence-corrected chi connectivity index (χ0v) is 62.3. The Balaban J connectivity index is 1.13.